The summed E-state index contributed by atoms with van der Waals surface area (Å²) in [4.78, 5) is 11.3. The fraction of sp³-hybridized carbons (Fsp3) is 0.900. The first-order valence-corrected chi connectivity index (χ1v) is 5.26. The molecule has 0 aromatic rings. The van der Waals surface area contributed by atoms with E-state index in [2.05, 4.69) is 5.32 Å². The summed E-state index contributed by atoms with van der Waals surface area (Å²) < 4.78 is 5.00. The van der Waals surface area contributed by atoms with Gasteiger partial charge in [0.05, 0.1) is 0 Å². The molecule has 4 heteroatoms. The van der Waals surface area contributed by atoms with Gasteiger partial charge in [0.2, 0.25) is 5.91 Å². The van der Waals surface area contributed by atoms with Crippen molar-refractivity contribution in [2.75, 3.05) is 19.8 Å². The van der Waals surface area contributed by atoms with E-state index in [4.69, 9.17) is 9.84 Å². The van der Waals surface area contributed by atoms with Crippen LogP contribution in [0.5, 0.6) is 0 Å². The first kappa shape index (κ1) is 11.5. The highest BCUT2D eigenvalue weighted by atomic mass is 16.5. The predicted octanol–water partition coefficient (Wildman–Crippen LogP) is 0.300. The maximum Gasteiger partial charge on any atom is 0.246 e. The summed E-state index contributed by atoms with van der Waals surface area (Å²) in [6.45, 7) is 2.71. The molecule has 0 aliphatic heterocycles. The average Bonchev–Trinajstić information content (AvgIpc) is 2.62. The summed E-state index contributed by atoms with van der Waals surface area (Å²) in [6, 6.07) is 0.146. The predicted molar refractivity (Wildman–Crippen MR) is 52.9 cm³/mol. The lowest BCUT2D eigenvalue weighted by Gasteiger charge is -2.18. The number of aliphatic hydroxyl groups excluding tert-OH is 1. The molecule has 14 heavy (non-hydrogen) atoms. The van der Waals surface area contributed by atoms with Gasteiger partial charge in [0.1, 0.15) is 6.61 Å². The third-order valence-electron chi connectivity index (χ3n) is 2.68. The molecule has 0 saturated heterocycles. The third kappa shape index (κ3) is 3.27. The fourth-order valence-electron chi connectivity index (χ4n) is 1.89. The second kappa shape index (κ2) is 5.98. The average molecular weight is 201 g/mol. The lowest BCUT2D eigenvalue weighted by atomic mass is 10.1. The molecule has 0 bridgehead atoms. The Bertz CT molecular complexity index is 184. The van der Waals surface area contributed by atoms with Gasteiger partial charge in [0.15, 0.2) is 0 Å². The van der Waals surface area contributed by atoms with E-state index in [1.807, 2.05) is 6.92 Å². The van der Waals surface area contributed by atoms with Gasteiger partial charge < -0.3 is 15.2 Å². The Kier molecular flexibility index (Phi) is 4.90. The summed E-state index contributed by atoms with van der Waals surface area (Å²) >= 11 is 0. The van der Waals surface area contributed by atoms with E-state index in [0.29, 0.717) is 6.61 Å². The monoisotopic (exact) mass is 201 g/mol. The number of ether oxygens (including phenoxy) is 1. The Balaban J connectivity index is 2.25. The molecule has 0 aromatic carbocycles. The van der Waals surface area contributed by atoms with Crippen LogP contribution < -0.4 is 5.32 Å². The Morgan fingerprint density at radius 3 is 3.00 bits per heavy atom. The first-order valence-electron chi connectivity index (χ1n) is 5.26. The van der Waals surface area contributed by atoms with Crippen LogP contribution in [0.25, 0.3) is 0 Å². The van der Waals surface area contributed by atoms with Crippen molar-refractivity contribution in [3.63, 3.8) is 0 Å². The minimum absolute atomic E-state index is 0.0720. The summed E-state index contributed by atoms with van der Waals surface area (Å²) in [6.07, 6.45) is 3.07. The number of hydrogen-bond acceptors (Lipinski definition) is 3. The largest absolute Gasteiger partial charge is 0.396 e. The van der Waals surface area contributed by atoms with Crippen molar-refractivity contribution in [3.8, 4) is 0 Å². The quantitative estimate of drug-likeness (QED) is 0.672. The van der Waals surface area contributed by atoms with Crippen LogP contribution in [0.2, 0.25) is 0 Å². The van der Waals surface area contributed by atoms with Gasteiger partial charge in [0, 0.05) is 25.2 Å². The van der Waals surface area contributed by atoms with Crippen LogP contribution in [-0.2, 0) is 9.53 Å². The lowest BCUT2D eigenvalue weighted by Crippen LogP contribution is -2.40. The van der Waals surface area contributed by atoms with Crippen molar-refractivity contribution in [2.45, 2.75) is 32.2 Å². The number of carbonyl (C=O) groups excluding carboxylic acids is 1. The fourth-order valence-corrected chi connectivity index (χ4v) is 1.89. The molecule has 0 spiro atoms. The van der Waals surface area contributed by atoms with Gasteiger partial charge >= 0.3 is 0 Å². The van der Waals surface area contributed by atoms with Gasteiger partial charge in [-0.05, 0) is 19.8 Å². The van der Waals surface area contributed by atoms with Crippen molar-refractivity contribution in [2.24, 2.45) is 5.92 Å². The molecule has 4 nitrogen and oxygen atoms in total. The van der Waals surface area contributed by atoms with E-state index in [0.717, 1.165) is 19.3 Å². The van der Waals surface area contributed by atoms with Gasteiger partial charge in [-0.15, -0.1) is 0 Å². The number of rotatable bonds is 5. The minimum atomic E-state index is -0.0720. The van der Waals surface area contributed by atoms with Crippen LogP contribution in [0.1, 0.15) is 26.2 Å². The van der Waals surface area contributed by atoms with Gasteiger partial charge in [0.25, 0.3) is 0 Å². The van der Waals surface area contributed by atoms with E-state index in [1.54, 1.807) is 0 Å². The molecular weight excluding hydrogens is 182 g/mol. The van der Waals surface area contributed by atoms with Crippen molar-refractivity contribution < 1.29 is 14.6 Å². The first-order chi connectivity index (χ1) is 6.77. The summed E-state index contributed by atoms with van der Waals surface area (Å²) in [7, 11) is 0. The van der Waals surface area contributed by atoms with Crippen LogP contribution in [0.3, 0.4) is 0 Å². The summed E-state index contributed by atoms with van der Waals surface area (Å²) in [5.41, 5.74) is 0. The van der Waals surface area contributed by atoms with Gasteiger partial charge in [-0.2, -0.15) is 0 Å². The van der Waals surface area contributed by atoms with Crippen molar-refractivity contribution in [3.05, 3.63) is 0 Å². The van der Waals surface area contributed by atoms with Crippen LogP contribution in [0.15, 0.2) is 0 Å². The summed E-state index contributed by atoms with van der Waals surface area (Å²) in [5, 5.41) is 11.9. The molecule has 1 saturated carbocycles. The van der Waals surface area contributed by atoms with Crippen LogP contribution in [0.4, 0.5) is 0 Å². The SMILES string of the molecule is CCOCC(=O)NC1CCCC1CO. The molecule has 1 rings (SSSR count). The van der Waals surface area contributed by atoms with Crippen LogP contribution in [0, 0.1) is 5.92 Å². The Morgan fingerprint density at radius 2 is 2.36 bits per heavy atom. The topological polar surface area (TPSA) is 58.6 Å². The smallest absolute Gasteiger partial charge is 0.246 e. The number of nitrogens with one attached hydrogen (secondary N) is 1. The minimum Gasteiger partial charge on any atom is -0.396 e. The van der Waals surface area contributed by atoms with Gasteiger partial charge in [-0.3, -0.25) is 4.79 Å². The van der Waals surface area contributed by atoms with E-state index >= 15 is 0 Å². The molecule has 2 N–H and O–H groups in total. The van der Waals surface area contributed by atoms with Crippen LogP contribution >= 0.6 is 0 Å². The maximum absolute atomic E-state index is 11.3. The van der Waals surface area contributed by atoms with Gasteiger partial charge in [-0.25, -0.2) is 0 Å². The zero-order valence-electron chi connectivity index (χ0n) is 8.66. The molecule has 1 fully saturated rings. The maximum atomic E-state index is 11.3. The van der Waals surface area contributed by atoms with Crippen molar-refractivity contribution in [1.82, 2.24) is 5.32 Å². The number of amides is 1. The highest BCUT2D eigenvalue weighted by Crippen LogP contribution is 2.24. The van der Waals surface area contributed by atoms with Gasteiger partial charge in [-0.1, -0.05) is 6.42 Å². The Hall–Kier alpha value is -0.610. The van der Waals surface area contributed by atoms with Crippen LogP contribution in [-0.4, -0.2) is 36.9 Å². The van der Waals surface area contributed by atoms with Crippen molar-refractivity contribution in [1.29, 1.82) is 0 Å². The standard InChI is InChI=1S/C10H19NO3/c1-2-14-7-10(13)11-9-5-3-4-8(9)6-12/h8-9,12H,2-7H2,1H3,(H,11,13). The molecule has 0 radical (unpaired) electrons. The molecule has 1 amide bonds. The number of carbonyl (C=O) groups is 1. The highest BCUT2D eigenvalue weighted by Gasteiger charge is 2.27. The molecule has 0 aromatic heterocycles. The molecule has 2 atom stereocenters. The molecule has 1 aliphatic carbocycles. The zero-order chi connectivity index (χ0) is 10.4. The van der Waals surface area contributed by atoms with E-state index in [9.17, 15) is 4.79 Å². The second-order valence-electron chi connectivity index (χ2n) is 3.68. The molecule has 82 valence electrons. The zero-order valence-corrected chi connectivity index (χ0v) is 8.66. The molecule has 1 aliphatic rings. The van der Waals surface area contributed by atoms with E-state index in [1.165, 1.54) is 0 Å². The molecular formula is C10H19NO3. The lowest BCUT2D eigenvalue weighted by molar-refractivity contribution is -0.126. The van der Waals surface area contributed by atoms with Crippen molar-refractivity contribution >= 4 is 5.91 Å². The number of aliphatic hydroxyl groups is 1. The van der Waals surface area contributed by atoms with E-state index < -0.39 is 0 Å². The summed E-state index contributed by atoms with van der Waals surface area (Å²) in [5.74, 6) is 0.165. The van der Waals surface area contributed by atoms with E-state index in [-0.39, 0.29) is 31.1 Å². The third-order valence-corrected chi connectivity index (χ3v) is 2.68. The second-order valence-corrected chi connectivity index (χ2v) is 3.68. The number of hydrogen-bond donors (Lipinski definition) is 2. The Labute approximate surface area is 84.6 Å². The normalized spacial score (nSPS) is 26.4. The molecule has 2 unspecified atom stereocenters. The highest BCUT2D eigenvalue weighted by molar-refractivity contribution is 5.77. The Morgan fingerprint density at radius 1 is 1.57 bits per heavy atom. The molecule has 0 heterocycles.